The Kier molecular flexibility index (Phi) is 5.21. The van der Waals surface area contributed by atoms with Crippen LogP contribution in [0.5, 0.6) is 0 Å². The van der Waals surface area contributed by atoms with Crippen LogP contribution >= 0.6 is 0 Å². The van der Waals surface area contributed by atoms with E-state index in [0.29, 0.717) is 28.2 Å². The van der Waals surface area contributed by atoms with Crippen molar-refractivity contribution in [1.82, 2.24) is 15.0 Å². The zero-order valence-electron chi connectivity index (χ0n) is 18.1. The van der Waals surface area contributed by atoms with Gasteiger partial charge in [0.25, 0.3) is 5.91 Å². The molecule has 3 heterocycles. The summed E-state index contributed by atoms with van der Waals surface area (Å²) in [6.45, 7) is 5.54. The number of nitrogens with zero attached hydrogens (tertiary/aromatic N) is 3. The van der Waals surface area contributed by atoms with Gasteiger partial charge in [0, 0.05) is 47.0 Å². The Labute approximate surface area is 186 Å². The number of anilines is 1. The van der Waals surface area contributed by atoms with E-state index in [4.69, 9.17) is 4.74 Å². The minimum atomic E-state index is -0.345. The monoisotopic (exact) mass is 432 g/mol. The molecule has 0 unspecified atom stereocenters. The molecule has 0 atom stereocenters. The molecule has 164 valence electrons. The highest BCUT2D eigenvalue weighted by atomic mass is 19.1. The number of ether oxygens (including phenoxy) is 1. The van der Waals surface area contributed by atoms with Gasteiger partial charge in [0.1, 0.15) is 11.6 Å². The number of carbonyl (C=O) groups is 1. The van der Waals surface area contributed by atoms with E-state index in [0.717, 1.165) is 31.7 Å². The average Bonchev–Trinajstić information content (AvgIpc) is 2.73. The van der Waals surface area contributed by atoms with Crippen molar-refractivity contribution >= 4 is 11.6 Å². The van der Waals surface area contributed by atoms with E-state index >= 15 is 0 Å². The molecule has 3 aromatic rings. The normalized spacial score (nSPS) is 17.1. The quantitative estimate of drug-likeness (QED) is 0.617. The standard InChI is InChI=1S/C25H25FN4O2/c1-15(2)23-28-11-17(12-29-23)24(31)30-22-19(18-5-3-4-6-20(18)26)7-8-27-21(22)16-9-25(10-16)13-32-14-25/h3-8,11-12,15-16H,9-10,13-14H2,1-2H3,(H,30,31). The molecule has 0 bridgehead atoms. The van der Waals surface area contributed by atoms with E-state index in [9.17, 15) is 9.18 Å². The number of pyridine rings is 1. The lowest BCUT2D eigenvalue weighted by Crippen LogP contribution is -2.51. The first kappa shape index (κ1) is 20.7. The predicted molar refractivity (Wildman–Crippen MR) is 119 cm³/mol. The SMILES string of the molecule is CC(C)c1ncc(C(=O)Nc2c(-c3ccccc3F)ccnc2C2CC3(COC3)C2)cn1. The second-order valence-electron chi connectivity index (χ2n) is 9.14. The van der Waals surface area contributed by atoms with Crippen molar-refractivity contribution in [3.63, 3.8) is 0 Å². The van der Waals surface area contributed by atoms with Crippen LogP contribution in [0.2, 0.25) is 0 Å². The van der Waals surface area contributed by atoms with Crippen molar-refractivity contribution < 1.29 is 13.9 Å². The molecule has 1 spiro atoms. The van der Waals surface area contributed by atoms with Gasteiger partial charge in [-0.2, -0.15) is 0 Å². The van der Waals surface area contributed by atoms with Crippen molar-refractivity contribution in [3.8, 4) is 11.1 Å². The van der Waals surface area contributed by atoms with Crippen LogP contribution in [0.4, 0.5) is 10.1 Å². The molecular weight excluding hydrogens is 407 g/mol. The molecule has 0 radical (unpaired) electrons. The summed E-state index contributed by atoms with van der Waals surface area (Å²) >= 11 is 0. The number of benzene rings is 1. The number of carbonyl (C=O) groups excluding carboxylic acids is 1. The van der Waals surface area contributed by atoms with Gasteiger partial charge < -0.3 is 10.1 Å². The Bertz CT molecular complexity index is 1150. The Balaban J connectivity index is 1.51. The van der Waals surface area contributed by atoms with Crippen LogP contribution in [0.25, 0.3) is 11.1 Å². The molecule has 1 aromatic carbocycles. The van der Waals surface area contributed by atoms with E-state index in [1.807, 2.05) is 13.8 Å². The summed E-state index contributed by atoms with van der Waals surface area (Å²) in [4.78, 5) is 26.3. The number of amides is 1. The Morgan fingerprint density at radius 1 is 1.09 bits per heavy atom. The van der Waals surface area contributed by atoms with Crippen LogP contribution in [0, 0.1) is 11.2 Å². The van der Waals surface area contributed by atoms with Crippen molar-refractivity contribution in [2.45, 2.75) is 38.5 Å². The van der Waals surface area contributed by atoms with Gasteiger partial charge in [-0.05, 0) is 25.0 Å². The minimum absolute atomic E-state index is 0.172. The van der Waals surface area contributed by atoms with Gasteiger partial charge in [-0.15, -0.1) is 0 Å². The number of nitrogens with one attached hydrogen (secondary N) is 1. The van der Waals surface area contributed by atoms with Crippen molar-refractivity contribution in [1.29, 1.82) is 0 Å². The van der Waals surface area contributed by atoms with Crippen molar-refractivity contribution in [3.05, 3.63) is 71.8 Å². The third-order valence-electron chi connectivity index (χ3n) is 6.40. The van der Waals surface area contributed by atoms with Crippen LogP contribution in [0.3, 0.4) is 0 Å². The third kappa shape index (κ3) is 3.66. The fraction of sp³-hybridized carbons (Fsp3) is 0.360. The summed E-state index contributed by atoms with van der Waals surface area (Å²) in [5.41, 5.74) is 2.97. The maximum Gasteiger partial charge on any atom is 0.258 e. The van der Waals surface area contributed by atoms with Crippen LogP contribution in [-0.4, -0.2) is 34.1 Å². The summed E-state index contributed by atoms with van der Waals surface area (Å²) in [5.74, 6) is 0.361. The molecule has 7 heteroatoms. The van der Waals surface area contributed by atoms with Gasteiger partial charge in [0.15, 0.2) is 0 Å². The highest BCUT2D eigenvalue weighted by molar-refractivity contribution is 6.06. The molecule has 5 rings (SSSR count). The number of rotatable bonds is 5. The fourth-order valence-corrected chi connectivity index (χ4v) is 4.57. The smallest absolute Gasteiger partial charge is 0.258 e. The topological polar surface area (TPSA) is 77.0 Å². The molecule has 1 aliphatic heterocycles. The molecule has 1 amide bonds. The second kappa shape index (κ2) is 8.06. The van der Waals surface area contributed by atoms with E-state index < -0.39 is 0 Å². The number of hydrogen-bond donors (Lipinski definition) is 1. The first-order valence-corrected chi connectivity index (χ1v) is 10.9. The van der Waals surface area contributed by atoms with Gasteiger partial charge in [0.2, 0.25) is 0 Å². The molecule has 6 nitrogen and oxygen atoms in total. The summed E-state index contributed by atoms with van der Waals surface area (Å²) in [6, 6.07) is 8.32. The highest BCUT2D eigenvalue weighted by Crippen LogP contribution is 2.56. The summed E-state index contributed by atoms with van der Waals surface area (Å²) in [6.07, 6.45) is 6.65. The van der Waals surface area contributed by atoms with Gasteiger partial charge in [0.05, 0.1) is 30.2 Å². The zero-order valence-corrected chi connectivity index (χ0v) is 18.1. The first-order chi connectivity index (χ1) is 15.5. The lowest BCUT2D eigenvalue weighted by Gasteiger charge is -2.53. The Morgan fingerprint density at radius 3 is 2.44 bits per heavy atom. The highest BCUT2D eigenvalue weighted by Gasteiger charge is 2.51. The van der Waals surface area contributed by atoms with E-state index in [1.54, 1.807) is 30.5 Å². The molecule has 2 aromatic heterocycles. The van der Waals surface area contributed by atoms with Gasteiger partial charge in [-0.25, -0.2) is 14.4 Å². The third-order valence-corrected chi connectivity index (χ3v) is 6.40. The second-order valence-corrected chi connectivity index (χ2v) is 9.14. The summed E-state index contributed by atoms with van der Waals surface area (Å²) in [5, 5.41) is 3.00. The number of aromatic nitrogens is 3. The van der Waals surface area contributed by atoms with Gasteiger partial charge >= 0.3 is 0 Å². The van der Waals surface area contributed by atoms with Gasteiger partial charge in [-0.3, -0.25) is 9.78 Å². The van der Waals surface area contributed by atoms with E-state index in [-0.39, 0.29) is 29.0 Å². The summed E-state index contributed by atoms with van der Waals surface area (Å²) < 4.78 is 20.1. The zero-order chi connectivity index (χ0) is 22.3. The molecule has 1 aliphatic carbocycles. The maximum atomic E-state index is 14.7. The van der Waals surface area contributed by atoms with Crippen LogP contribution in [0.15, 0.2) is 48.9 Å². The Morgan fingerprint density at radius 2 is 1.81 bits per heavy atom. The van der Waals surface area contributed by atoms with Crippen molar-refractivity contribution in [2.75, 3.05) is 18.5 Å². The van der Waals surface area contributed by atoms with Crippen molar-refractivity contribution in [2.24, 2.45) is 5.41 Å². The molecule has 1 N–H and O–H groups in total. The average molecular weight is 432 g/mol. The molecule has 32 heavy (non-hydrogen) atoms. The largest absolute Gasteiger partial charge is 0.380 e. The van der Waals surface area contributed by atoms with E-state index in [2.05, 4.69) is 20.3 Å². The lowest BCUT2D eigenvalue weighted by molar-refractivity contribution is -0.164. The number of halogens is 1. The Hall–Kier alpha value is -3.19. The number of hydrogen-bond acceptors (Lipinski definition) is 5. The predicted octanol–water partition coefficient (Wildman–Crippen LogP) is 4.95. The fourth-order valence-electron chi connectivity index (χ4n) is 4.57. The minimum Gasteiger partial charge on any atom is -0.380 e. The molecule has 1 saturated heterocycles. The van der Waals surface area contributed by atoms with Crippen LogP contribution in [-0.2, 0) is 4.74 Å². The molecule has 1 saturated carbocycles. The van der Waals surface area contributed by atoms with Crippen LogP contribution < -0.4 is 5.32 Å². The lowest BCUT2D eigenvalue weighted by atomic mass is 9.59. The molecule has 2 aliphatic rings. The van der Waals surface area contributed by atoms with E-state index in [1.165, 1.54) is 18.5 Å². The molecular formula is C25H25FN4O2. The maximum absolute atomic E-state index is 14.7. The summed E-state index contributed by atoms with van der Waals surface area (Å²) in [7, 11) is 0. The van der Waals surface area contributed by atoms with Crippen LogP contribution in [0.1, 0.15) is 60.4 Å². The first-order valence-electron chi connectivity index (χ1n) is 10.9. The molecule has 2 fully saturated rings. The van der Waals surface area contributed by atoms with Gasteiger partial charge in [-0.1, -0.05) is 32.0 Å².